The molecular formula is C25H29N5O3S. The molecule has 0 aliphatic rings. The van der Waals surface area contributed by atoms with Gasteiger partial charge >= 0.3 is 0 Å². The third-order valence-electron chi connectivity index (χ3n) is 5.24. The number of aryl methyl sites for hydroxylation is 1. The van der Waals surface area contributed by atoms with Crippen LogP contribution in [0.1, 0.15) is 59.3 Å². The molecule has 178 valence electrons. The molecule has 0 aliphatic carbocycles. The highest BCUT2D eigenvalue weighted by molar-refractivity contribution is 8.00. The highest BCUT2D eigenvalue weighted by Crippen LogP contribution is 2.26. The van der Waals surface area contributed by atoms with Gasteiger partial charge in [0.2, 0.25) is 5.91 Å². The molecule has 2 N–H and O–H groups in total. The van der Waals surface area contributed by atoms with E-state index in [9.17, 15) is 14.4 Å². The van der Waals surface area contributed by atoms with E-state index in [-0.39, 0.29) is 24.1 Å². The van der Waals surface area contributed by atoms with Gasteiger partial charge in [-0.1, -0.05) is 48.5 Å². The first-order chi connectivity index (χ1) is 16.3. The highest BCUT2D eigenvalue weighted by atomic mass is 32.2. The van der Waals surface area contributed by atoms with Crippen LogP contribution < -0.4 is 10.6 Å². The number of hydrogen-bond acceptors (Lipinski definition) is 6. The molecule has 3 rings (SSSR count). The lowest BCUT2D eigenvalue weighted by Crippen LogP contribution is -2.26. The first-order valence-electron chi connectivity index (χ1n) is 11.2. The van der Waals surface area contributed by atoms with Crippen LogP contribution in [0.4, 0.5) is 5.69 Å². The number of Topliss-reactive ketones (excluding diaryl/α,β-unsaturated/α-hetero) is 1. The van der Waals surface area contributed by atoms with Gasteiger partial charge in [-0.2, -0.15) is 0 Å². The number of anilines is 1. The minimum atomic E-state index is -0.398. The van der Waals surface area contributed by atoms with E-state index in [1.807, 2.05) is 43.5 Å². The molecule has 0 saturated heterocycles. The number of hydrogen-bond donors (Lipinski definition) is 2. The van der Waals surface area contributed by atoms with Crippen molar-refractivity contribution in [2.75, 3.05) is 5.32 Å². The fourth-order valence-electron chi connectivity index (χ4n) is 3.39. The zero-order valence-electron chi connectivity index (χ0n) is 19.8. The van der Waals surface area contributed by atoms with Gasteiger partial charge in [-0.25, -0.2) is 0 Å². The molecule has 0 fully saturated rings. The molecule has 1 atom stereocenters. The van der Waals surface area contributed by atoms with Crippen molar-refractivity contribution in [3.63, 3.8) is 0 Å². The maximum Gasteiger partial charge on any atom is 0.251 e. The van der Waals surface area contributed by atoms with E-state index < -0.39 is 5.25 Å². The molecule has 9 heteroatoms. The summed E-state index contributed by atoms with van der Waals surface area (Å²) in [5.74, 6) is 0.210. The van der Waals surface area contributed by atoms with Crippen LogP contribution in [0.15, 0.2) is 53.7 Å². The topological polar surface area (TPSA) is 106 Å². The second kappa shape index (κ2) is 11.6. The fourth-order valence-corrected chi connectivity index (χ4v) is 4.43. The Morgan fingerprint density at radius 1 is 1.03 bits per heavy atom. The van der Waals surface area contributed by atoms with Crippen LogP contribution in [-0.2, 0) is 17.9 Å². The Labute approximate surface area is 203 Å². The first-order valence-corrected chi connectivity index (χ1v) is 12.1. The maximum absolute atomic E-state index is 12.9. The second-order valence-electron chi connectivity index (χ2n) is 7.84. The van der Waals surface area contributed by atoms with Crippen molar-refractivity contribution in [3.05, 3.63) is 71.0 Å². The molecule has 3 aromatic rings. The number of benzene rings is 2. The summed E-state index contributed by atoms with van der Waals surface area (Å²) in [7, 11) is 0. The predicted octanol–water partition coefficient (Wildman–Crippen LogP) is 4.25. The van der Waals surface area contributed by atoms with Crippen molar-refractivity contribution >= 4 is 35.0 Å². The summed E-state index contributed by atoms with van der Waals surface area (Å²) in [6.07, 6.45) is 0.582. The van der Waals surface area contributed by atoms with Crippen LogP contribution in [0.25, 0.3) is 0 Å². The Balaban J connectivity index is 1.67. The number of amides is 2. The lowest BCUT2D eigenvalue weighted by Gasteiger charge is -2.15. The Kier molecular flexibility index (Phi) is 8.59. The lowest BCUT2D eigenvalue weighted by atomic mass is 10.1. The number of carbonyl (C=O) groups is 3. The third kappa shape index (κ3) is 6.32. The van der Waals surface area contributed by atoms with E-state index in [0.29, 0.717) is 40.8 Å². The summed E-state index contributed by atoms with van der Waals surface area (Å²) in [4.78, 5) is 37.0. The fraction of sp³-hybridized carbons (Fsp3) is 0.320. The number of thioether (sulfide) groups is 1. The average Bonchev–Trinajstić information content (AvgIpc) is 3.22. The van der Waals surface area contributed by atoms with Gasteiger partial charge in [-0.15, -0.1) is 10.2 Å². The van der Waals surface area contributed by atoms with Gasteiger partial charge in [-0.3, -0.25) is 14.4 Å². The number of nitrogens with one attached hydrogen (secondary N) is 2. The molecule has 8 nitrogen and oxygen atoms in total. The van der Waals surface area contributed by atoms with E-state index in [1.165, 1.54) is 18.7 Å². The van der Waals surface area contributed by atoms with Crippen molar-refractivity contribution in [2.24, 2.45) is 0 Å². The smallest absolute Gasteiger partial charge is 0.251 e. The van der Waals surface area contributed by atoms with Crippen molar-refractivity contribution in [2.45, 2.75) is 57.6 Å². The van der Waals surface area contributed by atoms with Gasteiger partial charge < -0.3 is 15.2 Å². The molecule has 0 aliphatic heterocycles. The molecule has 0 saturated carbocycles. The zero-order valence-corrected chi connectivity index (χ0v) is 20.6. The molecule has 0 spiro atoms. The van der Waals surface area contributed by atoms with Gasteiger partial charge in [0.25, 0.3) is 5.91 Å². The number of aromatic nitrogens is 3. The molecule has 1 aromatic heterocycles. The third-order valence-corrected chi connectivity index (χ3v) is 6.59. The molecule has 34 heavy (non-hydrogen) atoms. The second-order valence-corrected chi connectivity index (χ2v) is 9.01. The van der Waals surface area contributed by atoms with Crippen LogP contribution in [0.5, 0.6) is 0 Å². The van der Waals surface area contributed by atoms with Gasteiger partial charge in [0.1, 0.15) is 0 Å². The number of rotatable bonds is 10. The predicted molar refractivity (Wildman–Crippen MR) is 133 cm³/mol. The Bertz CT molecular complexity index is 1190. The number of ketones is 1. The summed E-state index contributed by atoms with van der Waals surface area (Å²) in [6, 6.07) is 14.3. The van der Waals surface area contributed by atoms with Crippen LogP contribution in [0.3, 0.4) is 0 Å². The monoisotopic (exact) mass is 479 g/mol. The van der Waals surface area contributed by atoms with E-state index in [2.05, 4.69) is 20.8 Å². The minimum Gasteiger partial charge on any atom is -0.345 e. The Morgan fingerprint density at radius 2 is 1.76 bits per heavy atom. The van der Waals surface area contributed by atoms with E-state index in [4.69, 9.17) is 0 Å². The quantitative estimate of drug-likeness (QED) is 0.333. The minimum absolute atomic E-state index is 0.0596. The van der Waals surface area contributed by atoms with E-state index in [1.54, 1.807) is 30.3 Å². The number of nitrogens with zero attached hydrogens (tertiary/aromatic N) is 3. The normalized spacial score (nSPS) is 11.6. The van der Waals surface area contributed by atoms with Crippen molar-refractivity contribution in [3.8, 4) is 0 Å². The Morgan fingerprint density at radius 3 is 2.44 bits per heavy atom. The lowest BCUT2D eigenvalue weighted by molar-refractivity contribution is -0.115. The molecule has 0 radical (unpaired) electrons. The summed E-state index contributed by atoms with van der Waals surface area (Å²) in [5.41, 5.74) is 2.73. The molecule has 2 amide bonds. The summed E-state index contributed by atoms with van der Waals surface area (Å²) >= 11 is 1.33. The summed E-state index contributed by atoms with van der Waals surface area (Å²) in [5, 5.41) is 14.5. The van der Waals surface area contributed by atoms with E-state index in [0.717, 1.165) is 5.56 Å². The standard InChI is InChI=1S/C25H29N5O3S/c1-5-21(24(33)27-20-12-8-10-18(14-20)17(4)31)34-25-29-28-22(30(25)6-2)15-26-23(32)19-11-7-9-16(3)13-19/h7-14,21H,5-6,15H2,1-4H3,(H,26,32)(H,27,33)/t21-/m0/s1. The molecular weight excluding hydrogens is 450 g/mol. The summed E-state index contributed by atoms with van der Waals surface area (Å²) < 4.78 is 1.90. The van der Waals surface area contributed by atoms with Crippen LogP contribution in [0.2, 0.25) is 0 Å². The molecule has 0 bridgehead atoms. The van der Waals surface area contributed by atoms with Crippen LogP contribution >= 0.6 is 11.8 Å². The van der Waals surface area contributed by atoms with Gasteiger partial charge in [-0.05, 0) is 51.5 Å². The summed E-state index contributed by atoms with van der Waals surface area (Å²) in [6.45, 7) is 8.16. The average molecular weight is 480 g/mol. The molecule has 2 aromatic carbocycles. The molecule has 1 heterocycles. The maximum atomic E-state index is 12.9. The highest BCUT2D eigenvalue weighted by Gasteiger charge is 2.23. The van der Waals surface area contributed by atoms with Gasteiger partial charge in [0.15, 0.2) is 16.8 Å². The number of carbonyl (C=O) groups excluding carboxylic acids is 3. The van der Waals surface area contributed by atoms with Crippen LogP contribution in [-0.4, -0.2) is 37.6 Å². The van der Waals surface area contributed by atoms with Crippen LogP contribution in [0, 0.1) is 6.92 Å². The largest absolute Gasteiger partial charge is 0.345 e. The van der Waals surface area contributed by atoms with Crippen molar-refractivity contribution in [1.29, 1.82) is 0 Å². The SMILES string of the molecule is CC[C@H](Sc1nnc(CNC(=O)c2cccc(C)c2)n1CC)C(=O)Nc1cccc(C(C)=O)c1. The zero-order chi connectivity index (χ0) is 24.7. The van der Waals surface area contributed by atoms with Crippen molar-refractivity contribution in [1.82, 2.24) is 20.1 Å². The van der Waals surface area contributed by atoms with Gasteiger partial charge in [0, 0.05) is 23.4 Å². The Hall–Kier alpha value is -3.46. The van der Waals surface area contributed by atoms with Crippen molar-refractivity contribution < 1.29 is 14.4 Å². The first kappa shape index (κ1) is 25.2. The van der Waals surface area contributed by atoms with E-state index >= 15 is 0 Å². The molecule has 0 unspecified atom stereocenters. The van der Waals surface area contributed by atoms with Gasteiger partial charge in [0.05, 0.1) is 11.8 Å².